The lowest BCUT2D eigenvalue weighted by Crippen LogP contribution is -2.52. The monoisotopic (exact) mass is 299 g/mol. The summed E-state index contributed by atoms with van der Waals surface area (Å²) in [5.74, 6) is 0. The smallest absolute Gasteiger partial charge is 0.0940 e. The van der Waals surface area contributed by atoms with Crippen LogP contribution < -0.4 is 5.32 Å². The van der Waals surface area contributed by atoms with Gasteiger partial charge in [-0.1, -0.05) is 0 Å². The second-order valence-corrected chi connectivity index (χ2v) is 7.22. The molecule has 5 heteroatoms. The minimum atomic E-state index is -0.0934. The molecule has 0 aromatic rings. The van der Waals surface area contributed by atoms with Crippen molar-refractivity contribution in [2.24, 2.45) is 0 Å². The first-order chi connectivity index (χ1) is 10.1. The Morgan fingerprint density at radius 1 is 1.19 bits per heavy atom. The van der Waals surface area contributed by atoms with E-state index in [-0.39, 0.29) is 17.3 Å². The van der Waals surface area contributed by atoms with E-state index in [1.54, 1.807) is 0 Å². The maximum absolute atomic E-state index is 6.16. The van der Waals surface area contributed by atoms with Gasteiger partial charge in [0.15, 0.2) is 0 Å². The first-order valence-corrected chi connectivity index (χ1v) is 8.29. The lowest BCUT2D eigenvalue weighted by atomic mass is 9.85. The third-order valence-corrected chi connectivity index (χ3v) is 4.78. The van der Waals surface area contributed by atoms with Gasteiger partial charge < -0.3 is 24.3 Å². The zero-order chi connectivity index (χ0) is 14.8. The number of ether oxygens (including phenoxy) is 4. The van der Waals surface area contributed by atoms with Gasteiger partial charge in [-0.05, 0) is 33.1 Å². The largest absolute Gasteiger partial charge is 0.381 e. The molecule has 21 heavy (non-hydrogen) atoms. The molecule has 0 aromatic carbocycles. The van der Waals surface area contributed by atoms with Crippen molar-refractivity contribution < 1.29 is 18.9 Å². The average Bonchev–Trinajstić information content (AvgIpc) is 2.45. The lowest BCUT2D eigenvalue weighted by Gasteiger charge is -2.43. The lowest BCUT2D eigenvalue weighted by molar-refractivity contribution is -0.184. The molecule has 0 amide bonds. The van der Waals surface area contributed by atoms with Crippen LogP contribution in [0.5, 0.6) is 0 Å². The molecule has 3 aliphatic heterocycles. The van der Waals surface area contributed by atoms with E-state index in [0.717, 1.165) is 58.6 Å². The van der Waals surface area contributed by atoms with Gasteiger partial charge in [-0.2, -0.15) is 0 Å². The first kappa shape index (κ1) is 15.7. The normalized spacial score (nSPS) is 35.7. The third-order valence-electron chi connectivity index (χ3n) is 4.78. The van der Waals surface area contributed by atoms with Crippen molar-refractivity contribution in [3.8, 4) is 0 Å². The second kappa shape index (κ2) is 6.50. The molecule has 3 heterocycles. The fourth-order valence-corrected chi connectivity index (χ4v) is 3.62. The van der Waals surface area contributed by atoms with Crippen molar-refractivity contribution in [1.29, 1.82) is 0 Å². The van der Waals surface area contributed by atoms with Crippen molar-refractivity contribution in [1.82, 2.24) is 5.32 Å². The Hall–Kier alpha value is -0.200. The summed E-state index contributed by atoms with van der Waals surface area (Å²) in [5.41, 5.74) is -0.0873. The van der Waals surface area contributed by atoms with E-state index in [1.807, 2.05) is 0 Å². The van der Waals surface area contributed by atoms with Gasteiger partial charge in [0.05, 0.1) is 30.0 Å². The van der Waals surface area contributed by atoms with Gasteiger partial charge in [0.25, 0.3) is 0 Å². The molecule has 0 aromatic heterocycles. The van der Waals surface area contributed by atoms with Crippen molar-refractivity contribution in [3.63, 3.8) is 0 Å². The van der Waals surface area contributed by atoms with Gasteiger partial charge in [-0.15, -0.1) is 0 Å². The highest BCUT2D eigenvalue weighted by Crippen LogP contribution is 2.35. The summed E-state index contributed by atoms with van der Waals surface area (Å²) in [6.07, 6.45) is 4.45. The van der Waals surface area contributed by atoms with Crippen molar-refractivity contribution in [2.45, 2.75) is 62.9 Å². The molecule has 0 aliphatic carbocycles. The topological polar surface area (TPSA) is 49.0 Å². The van der Waals surface area contributed by atoms with Crippen LogP contribution in [0, 0.1) is 0 Å². The maximum Gasteiger partial charge on any atom is 0.0940 e. The Morgan fingerprint density at radius 3 is 2.76 bits per heavy atom. The molecule has 122 valence electrons. The molecular formula is C16H29NO4. The summed E-state index contributed by atoms with van der Waals surface area (Å²) < 4.78 is 23.7. The Kier molecular flexibility index (Phi) is 4.86. The molecule has 3 aliphatic rings. The van der Waals surface area contributed by atoms with Crippen LogP contribution >= 0.6 is 0 Å². The molecule has 0 saturated carbocycles. The quantitative estimate of drug-likeness (QED) is 0.856. The number of nitrogens with one attached hydrogen (secondary N) is 1. The fraction of sp³-hybridized carbons (Fsp3) is 1.00. The standard InChI is InChI=1S/C16H29NO4/c1-15(2)12-17-10-14(21-15)11-19-13-3-6-20-16(9-13)4-7-18-8-5-16/h13-14,17H,3-12H2,1-2H3. The summed E-state index contributed by atoms with van der Waals surface area (Å²) in [4.78, 5) is 0. The van der Waals surface area contributed by atoms with Crippen LogP contribution in [0.3, 0.4) is 0 Å². The molecule has 0 bridgehead atoms. The number of hydrogen-bond donors (Lipinski definition) is 1. The molecule has 1 N–H and O–H groups in total. The molecule has 3 fully saturated rings. The Labute approximate surface area is 127 Å². The van der Waals surface area contributed by atoms with Crippen LogP contribution in [0.2, 0.25) is 0 Å². The number of hydrogen-bond acceptors (Lipinski definition) is 5. The van der Waals surface area contributed by atoms with E-state index >= 15 is 0 Å². The van der Waals surface area contributed by atoms with E-state index in [9.17, 15) is 0 Å². The van der Waals surface area contributed by atoms with Crippen molar-refractivity contribution >= 4 is 0 Å². The van der Waals surface area contributed by atoms with Gasteiger partial charge in [-0.25, -0.2) is 0 Å². The predicted molar refractivity (Wildman–Crippen MR) is 79.5 cm³/mol. The van der Waals surface area contributed by atoms with Gasteiger partial charge in [0, 0.05) is 39.3 Å². The van der Waals surface area contributed by atoms with Gasteiger partial charge >= 0.3 is 0 Å². The highest BCUT2D eigenvalue weighted by Gasteiger charge is 2.39. The molecule has 0 radical (unpaired) electrons. The van der Waals surface area contributed by atoms with E-state index in [0.29, 0.717) is 12.7 Å². The SMILES string of the molecule is CC1(C)CNCC(COC2CCOC3(CCOCC3)C2)O1. The Morgan fingerprint density at radius 2 is 2.00 bits per heavy atom. The number of morpholine rings is 1. The molecule has 1 spiro atoms. The fourth-order valence-electron chi connectivity index (χ4n) is 3.62. The van der Waals surface area contributed by atoms with E-state index in [1.165, 1.54) is 0 Å². The van der Waals surface area contributed by atoms with Gasteiger partial charge in [0.1, 0.15) is 0 Å². The molecule has 5 nitrogen and oxygen atoms in total. The van der Waals surface area contributed by atoms with Crippen LogP contribution in [0.25, 0.3) is 0 Å². The molecular weight excluding hydrogens is 270 g/mol. The zero-order valence-corrected chi connectivity index (χ0v) is 13.4. The summed E-state index contributed by atoms with van der Waals surface area (Å²) >= 11 is 0. The van der Waals surface area contributed by atoms with Crippen LogP contribution in [-0.2, 0) is 18.9 Å². The van der Waals surface area contributed by atoms with E-state index in [4.69, 9.17) is 18.9 Å². The highest BCUT2D eigenvalue weighted by molar-refractivity contribution is 4.90. The molecule has 3 rings (SSSR count). The second-order valence-electron chi connectivity index (χ2n) is 7.22. The van der Waals surface area contributed by atoms with Crippen LogP contribution in [-0.4, -0.2) is 62.9 Å². The van der Waals surface area contributed by atoms with Gasteiger partial charge in [-0.3, -0.25) is 0 Å². The highest BCUT2D eigenvalue weighted by atomic mass is 16.6. The van der Waals surface area contributed by atoms with Crippen LogP contribution in [0.15, 0.2) is 0 Å². The van der Waals surface area contributed by atoms with Crippen LogP contribution in [0.1, 0.15) is 39.5 Å². The Bertz CT molecular complexity index is 336. The predicted octanol–water partition coefficient (Wildman–Crippen LogP) is 1.50. The summed E-state index contributed by atoms with van der Waals surface area (Å²) in [7, 11) is 0. The van der Waals surface area contributed by atoms with Gasteiger partial charge in [0.2, 0.25) is 0 Å². The number of rotatable bonds is 3. The van der Waals surface area contributed by atoms with E-state index in [2.05, 4.69) is 19.2 Å². The zero-order valence-electron chi connectivity index (χ0n) is 13.4. The third kappa shape index (κ3) is 4.17. The average molecular weight is 299 g/mol. The summed E-state index contributed by atoms with van der Waals surface area (Å²) in [6.45, 7) is 9.14. The Balaban J connectivity index is 1.46. The summed E-state index contributed by atoms with van der Waals surface area (Å²) in [5, 5.41) is 3.42. The molecule has 2 unspecified atom stereocenters. The van der Waals surface area contributed by atoms with Crippen molar-refractivity contribution in [2.75, 3.05) is 39.5 Å². The minimum Gasteiger partial charge on any atom is -0.381 e. The molecule has 3 saturated heterocycles. The van der Waals surface area contributed by atoms with E-state index < -0.39 is 0 Å². The van der Waals surface area contributed by atoms with Crippen molar-refractivity contribution in [3.05, 3.63) is 0 Å². The molecule has 2 atom stereocenters. The first-order valence-electron chi connectivity index (χ1n) is 8.29. The maximum atomic E-state index is 6.16. The minimum absolute atomic E-state index is 0.00606. The summed E-state index contributed by atoms with van der Waals surface area (Å²) in [6, 6.07) is 0. The van der Waals surface area contributed by atoms with Crippen LogP contribution in [0.4, 0.5) is 0 Å².